The quantitative estimate of drug-likeness (QED) is 0.651. The molecular weight excluding hydrogens is 450 g/mol. The van der Waals surface area contributed by atoms with E-state index in [1.165, 1.54) is 4.31 Å². The van der Waals surface area contributed by atoms with Gasteiger partial charge in [0.25, 0.3) is 0 Å². The van der Waals surface area contributed by atoms with Crippen LogP contribution < -0.4 is 4.74 Å². The number of carbonyl (C=O) groups is 1. The summed E-state index contributed by atoms with van der Waals surface area (Å²) < 4.78 is 32.7. The number of aryl methyl sites for hydroxylation is 1. The summed E-state index contributed by atoms with van der Waals surface area (Å²) >= 11 is 6.14. The van der Waals surface area contributed by atoms with Crippen LogP contribution in [0.15, 0.2) is 41.3 Å². The maximum absolute atomic E-state index is 12.7. The van der Waals surface area contributed by atoms with Gasteiger partial charge >= 0.3 is 5.97 Å². The molecule has 0 radical (unpaired) electrons. The average Bonchev–Trinajstić information content (AvgIpc) is 2.63. The van der Waals surface area contributed by atoms with Crippen molar-refractivity contribution in [3.63, 3.8) is 0 Å². The van der Waals surface area contributed by atoms with Gasteiger partial charge in [0.1, 0.15) is 5.75 Å². The molecule has 0 amide bonds. The van der Waals surface area contributed by atoms with E-state index in [0.29, 0.717) is 35.0 Å². The Kier molecular flexibility index (Phi) is 6.89. The topological polar surface area (TPSA) is 83.9 Å². The van der Waals surface area contributed by atoms with Gasteiger partial charge in [-0.15, -0.1) is 0 Å². The summed E-state index contributed by atoms with van der Waals surface area (Å²) in [6.45, 7) is 8.23. The normalized spacial score (nSPS) is 15.3. The number of hydrogen-bond donors (Lipinski definition) is 1. The number of aliphatic carboxylic acids is 1. The molecule has 0 spiro atoms. The van der Waals surface area contributed by atoms with Gasteiger partial charge in [0.2, 0.25) is 10.0 Å². The van der Waals surface area contributed by atoms with Crippen LogP contribution in [0, 0.1) is 24.2 Å². The average molecular weight is 476 g/mol. The van der Waals surface area contributed by atoms with E-state index in [-0.39, 0.29) is 4.90 Å². The fourth-order valence-electron chi connectivity index (χ4n) is 3.13. The second-order valence-corrected chi connectivity index (χ2v) is 11.2. The molecule has 0 aromatic heterocycles. The molecule has 32 heavy (non-hydrogen) atoms. The largest absolute Gasteiger partial charge is 0.478 e. The minimum absolute atomic E-state index is 0.202. The first-order valence-electron chi connectivity index (χ1n) is 10.2. The number of ether oxygens (including phenoxy) is 1. The molecule has 1 unspecified atom stereocenters. The highest BCUT2D eigenvalue weighted by molar-refractivity contribution is 7.89. The molecule has 1 fully saturated rings. The van der Waals surface area contributed by atoms with E-state index in [2.05, 4.69) is 11.8 Å². The van der Waals surface area contributed by atoms with E-state index < -0.39 is 27.5 Å². The van der Waals surface area contributed by atoms with Crippen molar-refractivity contribution in [1.82, 2.24) is 4.31 Å². The summed E-state index contributed by atoms with van der Waals surface area (Å²) in [6, 6.07) is 9.67. The van der Waals surface area contributed by atoms with Gasteiger partial charge in [-0.05, 0) is 49.2 Å². The number of nitrogens with zero attached hydrogens (tertiary/aromatic N) is 1. The fourth-order valence-corrected chi connectivity index (χ4v) is 4.85. The van der Waals surface area contributed by atoms with Crippen LogP contribution in [-0.4, -0.2) is 43.0 Å². The highest BCUT2D eigenvalue weighted by Gasteiger charge is 2.34. The summed E-state index contributed by atoms with van der Waals surface area (Å²) in [5.74, 6) is 5.21. The van der Waals surface area contributed by atoms with Crippen molar-refractivity contribution in [2.45, 2.75) is 45.1 Å². The smallest absolute Gasteiger partial charge is 0.345 e. The molecule has 6 nitrogen and oxygen atoms in total. The van der Waals surface area contributed by atoms with Gasteiger partial charge in [0.05, 0.1) is 10.5 Å². The Morgan fingerprint density at radius 2 is 1.78 bits per heavy atom. The molecule has 1 N–H and O–H groups in total. The van der Waals surface area contributed by atoms with Crippen LogP contribution in [0.3, 0.4) is 0 Å². The molecule has 1 saturated heterocycles. The summed E-state index contributed by atoms with van der Waals surface area (Å²) in [4.78, 5) is 11.9. The molecular formula is C24H26ClNO5S. The van der Waals surface area contributed by atoms with Crippen molar-refractivity contribution in [3.05, 3.63) is 58.1 Å². The van der Waals surface area contributed by atoms with E-state index in [4.69, 9.17) is 16.3 Å². The predicted molar refractivity (Wildman–Crippen MR) is 123 cm³/mol. The van der Waals surface area contributed by atoms with Crippen LogP contribution in [0.25, 0.3) is 0 Å². The molecule has 1 heterocycles. The minimum Gasteiger partial charge on any atom is -0.478 e. The molecule has 1 aliphatic heterocycles. The summed E-state index contributed by atoms with van der Waals surface area (Å²) in [5.41, 5.74) is 1.15. The predicted octanol–water partition coefficient (Wildman–Crippen LogP) is 4.32. The van der Waals surface area contributed by atoms with Crippen molar-refractivity contribution < 1.29 is 23.1 Å². The number of halogens is 1. The van der Waals surface area contributed by atoms with Gasteiger partial charge < -0.3 is 9.84 Å². The second-order valence-electron chi connectivity index (χ2n) is 8.83. The van der Waals surface area contributed by atoms with Crippen LogP contribution >= 0.6 is 11.6 Å². The van der Waals surface area contributed by atoms with Crippen LogP contribution in [0.2, 0.25) is 5.02 Å². The SMILES string of the molecule is Cc1ccc(S(=O)(=O)N2CCC2)cc1C#Cc1cc(Cl)ccc1OC(C(=O)O)C(C)(C)C. The van der Waals surface area contributed by atoms with Crippen molar-refractivity contribution in [2.24, 2.45) is 5.41 Å². The number of carboxylic acids is 1. The summed E-state index contributed by atoms with van der Waals surface area (Å²) in [6.07, 6.45) is -0.225. The number of rotatable bonds is 5. The van der Waals surface area contributed by atoms with Crippen LogP contribution in [0.5, 0.6) is 5.75 Å². The maximum atomic E-state index is 12.7. The van der Waals surface area contributed by atoms with E-state index in [0.717, 1.165) is 12.0 Å². The Labute approximate surface area is 194 Å². The number of hydrogen-bond acceptors (Lipinski definition) is 4. The Morgan fingerprint density at radius 3 is 2.34 bits per heavy atom. The zero-order valence-electron chi connectivity index (χ0n) is 18.5. The van der Waals surface area contributed by atoms with Crippen molar-refractivity contribution >= 4 is 27.6 Å². The summed E-state index contributed by atoms with van der Waals surface area (Å²) in [5, 5.41) is 10.0. The standard InChI is InChI=1S/C24H26ClNO5S/c1-16-6-10-20(32(29,30)26-12-5-13-26)15-17(16)7-8-18-14-19(25)9-11-21(18)31-22(23(27)28)24(2,3)4/h6,9-11,14-15,22H,5,12-13H2,1-4H3,(H,27,28). The van der Waals surface area contributed by atoms with Gasteiger partial charge in [0.15, 0.2) is 6.10 Å². The zero-order valence-corrected chi connectivity index (χ0v) is 20.0. The van der Waals surface area contributed by atoms with Crippen molar-refractivity contribution in [3.8, 4) is 17.6 Å². The molecule has 2 aromatic carbocycles. The third-order valence-corrected chi connectivity index (χ3v) is 7.32. The summed E-state index contributed by atoms with van der Waals surface area (Å²) in [7, 11) is -3.53. The van der Waals surface area contributed by atoms with Crippen LogP contribution in [0.4, 0.5) is 0 Å². The van der Waals surface area contributed by atoms with Crippen molar-refractivity contribution in [2.75, 3.05) is 13.1 Å². The lowest BCUT2D eigenvalue weighted by molar-refractivity contribution is -0.150. The van der Waals surface area contributed by atoms with Crippen LogP contribution in [0.1, 0.15) is 43.9 Å². The zero-order chi connectivity index (χ0) is 23.7. The first-order valence-corrected chi connectivity index (χ1v) is 12.0. The van der Waals surface area contributed by atoms with Gasteiger partial charge in [0, 0.05) is 29.1 Å². The molecule has 1 atom stereocenters. The molecule has 0 bridgehead atoms. The molecule has 3 rings (SSSR count). The van der Waals surface area contributed by atoms with Gasteiger partial charge in [-0.25, -0.2) is 13.2 Å². The third-order valence-electron chi connectivity index (χ3n) is 5.19. The van der Waals surface area contributed by atoms with Crippen molar-refractivity contribution in [1.29, 1.82) is 0 Å². The van der Waals surface area contributed by atoms with E-state index in [9.17, 15) is 18.3 Å². The van der Waals surface area contributed by atoms with Gasteiger partial charge in [-0.3, -0.25) is 0 Å². The third kappa shape index (κ3) is 5.26. The lowest BCUT2D eigenvalue weighted by atomic mass is 9.89. The molecule has 0 aliphatic carbocycles. The van der Waals surface area contributed by atoms with Crippen LogP contribution in [-0.2, 0) is 14.8 Å². The lowest BCUT2D eigenvalue weighted by Crippen LogP contribution is -2.41. The lowest BCUT2D eigenvalue weighted by Gasteiger charge is -2.29. The van der Waals surface area contributed by atoms with E-state index in [1.54, 1.807) is 57.2 Å². The maximum Gasteiger partial charge on any atom is 0.345 e. The second kappa shape index (κ2) is 9.14. The molecule has 2 aromatic rings. The minimum atomic E-state index is -3.53. The first-order chi connectivity index (χ1) is 14.9. The van der Waals surface area contributed by atoms with E-state index in [1.807, 2.05) is 6.92 Å². The highest BCUT2D eigenvalue weighted by atomic mass is 35.5. The Hall–Kier alpha value is -2.53. The number of sulfonamides is 1. The molecule has 0 saturated carbocycles. The number of benzene rings is 2. The van der Waals surface area contributed by atoms with E-state index >= 15 is 0 Å². The monoisotopic (exact) mass is 475 g/mol. The number of carboxylic acid groups (broad SMARTS) is 1. The molecule has 1 aliphatic rings. The van der Waals surface area contributed by atoms with Gasteiger partial charge in [-0.1, -0.05) is 50.3 Å². The Bertz CT molecular complexity index is 1200. The van der Waals surface area contributed by atoms with Gasteiger partial charge in [-0.2, -0.15) is 4.31 Å². The molecule has 170 valence electrons. The highest BCUT2D eigenvalue weighted by Crippen LogP contribution is 2.29. The Morgan fingerprint density at radius 1 is 1.12 bits per heavy atom. The molecule has 8 heteroatoms. The first kappa shape index (κ1) is 24.1. The fraction of sp³-hybridized carbons (Fsp3) is 0.375. The Balaban J connectivity index is 1.99.